The highest BCUT2D eigenvalue weighted by molar-refractivity contribution is 5.90. The number of hydrogen-bond acceptors (Lipinski definition) is 2. The lowest BCUT2D eigenvalue weighted by atomic mass is 10.0. The number of ether oxygens (including phenoxy) is 1. The minimum atomic E-state index is -4.53. The lowest BCUT2D eigenvalue weighted by Crippen LogP contribution is -2.37. The van der Waals surface area contributed by atoms with E-state index in [0.717, 1.165) is 29.4 Å². The van der Waals surface area contributed by atoms with Crippen LogP contribution < -0.4 is 15.4 Å². The maximum Gasteiger partial charge on any atom is 0.418 e. The van der Waals surface area contributed by atoms with E-state index in [4.69, 9.17) is 4.74 Å². The molecule has 0 radical (unpaired) electrons. The first-order valence-electron chi connectivity index (χ1n) is 8.31. The summed E-state index contributed by atoms with van der Waals surface area (Å²) in [6, 6.07) is 9.86. The topological polar surface area (TPSA) is 50.4 Å². The monoisotopic (exact) mass is 364 g/mol. The van der Waals surface area contributed by atoms with Gasteiger partial charge in [0.15, 0.2) is 0 Å². The number of anilines is 1. The van der Waals surface area contributed by atoms with Gasteiger partial charge < -0.3 is 15.4 Å². The first-order valence-corrected chi connectivity index (χ1v) is 8.31. The van der Waals surface area contributed by atoms with Gasteiger partial charge in [-0.15, -0.1) is 0 Å². The molecule has 1 heterocycles. The number of rotatable bonds is 4. The summed E-state index contributed by atoms with van der Waals surface area (Å²) >= 11 is 0. The molecule has 1 aliphatic heterocycles. The molecule has 138 valence electrons. The summed E-state index contributed by atoms with van der Waals surface area (Å²) in [6.45, 7) is 2.48. The van der Waals surface area contributed by atoms with Gasteiger partial charge in [-0.2, -0.15) is 13.2 Å². The third-order valence-corrected chi connectivity index (χ3v) is 4.15. The lowest BCUT2D eigenvalue weighted by molar-refractivity contribution is -0.136. The minimum absolute atomic E-state index is 0.242. The summed E-state index contributed by atoms with van der Waals surface area (Å²) in [5.41, 5.74) is 1.04. The number of carbonyl (C=O) groups excluding carboxylic acids is 1. The molecular formula is C19H19F3N2O2. The molecule has 2 aromatic carbocycles. The van der Waals surface area contributed by atoms with Gasteiger partial charge in [-0.1, -0.05) is 24.3 Å². The highest BCUT2D eigenvalue weighted by Crippen LogP contribution is 2.34. The van der Waals surface area contributed by atoms with Crippen LogP contribution in [0.1, 0.15) is 23.6 Å². The van der Waals surface area contributed by atoms with Gasteiger partial charge >= 0.3 is 12.2 Å². The van der Waals surface area contributed by atoms with Crippen molar-refractivity contribution >= 4 is 11.7 Å². The molecule has 1 atom stereocenters. The average Bonchev–Trinajstić information content (AvgIpc) is 3.01. The Morgan fingerprint density at radius 3 is 2.77 bits per heavy atom. The van der Waals surface area contributed by atoms with E-state index in [9.17, 15) is 18.0 Å². The number of hydrogen-bond donors (Lipinski definition) is 2. The number of urea groups is 1. The molecule has 0 saturated carbocycles. The number of benzene rings is 2. The van der Waals surface area contributed by atoms with Gasteiger partial charge in [0.25, 0.3) is 0 Å². The Hall–Kier alpha value is -2.70. The number of amides is 2. The Bertz CT molecular complexity index is 806. The number of nitrogens with one attached hydrogen (secondary N) is 2. The van der Waals surface area contributed by atoms with Crippen molar-refractivity contribution in [2.45, 2.75) is 32.0 Å². The van der Waals surface area contributed by atoms with Crippen molar-refractivity contribution in [1.82, 2.24) is 5.32 Å². The zero-order valence-electron chi connectivity index (χ0n) is 14.2. The second-order valence-electron chi connectivity index (χ2n) is 6.29. The predicted octanol–water partition coefficient (Wildman–Crippen LogP) is 4.39. The highest BCUT2D eigenvalue weighted by Gasteiger charge is 2.33. The molecule has 26 heavy (non-hydrogen) atoms. The SMILES string of the molecule is C[C@@H](Cc1ccc2c(c1)CCO2)NC(=O)Nc1ccccc1C(F)(F)F. The Morgan fingerprint density at radius 1 is 1.23 bits per heavy atom. The van der Waals surface area contributed by atoms with Crippen LogP contribution in [0.25, 0.3) is 0 Å². The lowest BCUT2D eigenvalue weighted by Gasteiger charge is -2.17. The zero-order valence-corrected chi connectivity index (χ0v) is 14.2. The van der Waals surface area contributed by atoms with Gasteiger partial charge in [-0.25, -0.2) is 4.79 Å². The molecule has 2 amide bonds. The molecule has 1 aliphatic rings. The fourth-order valence-corrected chi connectivity index (χ4v) is 2.99. The summed E-state index contributed by atoms with van der Waals surface area (Å²) in [4.78, 5) is 12.1. The maximum absolute atomic E-state index is 13.0. The smallest absolute Gasteiger partial charge is 0.418 e. The molecular weight excluding hydrogens is 345 g/mol. The van der Waals surface area contributed by atoms with Gasteiger partial charge in [0.1, 0.15) is 5.75 Å². The highest BCUT2D eigenvalue weighted by atomic mass is 19.4. The standard InChI is InChI=1S/C19H19F3N2O2/c1-12(10-13-6-7-17-14(11-13)8-9-26-17)23-18(25)24-16-5-3-2-4-15(16)19(20,21)22/h2-7,11-12H,8-10H2,1H3,(H2,23,24,25)/t12-/m0/s1. The first kappa shape index (κ1) is 18.1. The third kappa shape index (κ3) is 4.28. The fraction of sp³-hybridized carbons (Fsp3) is 0.316. The van der Waals surface area contributed by atoms with Crippen LogP contribution in [0.2, 0.25) is 0 Å². The van der Waals surface area contributed by atoms with E-state index in [0.29, 0.717) is 13.0 Å². The van der Waals surface area contributed by atoms with Gasteiger partial charge in [0.05, 0.1) is 17.9 Å². The molecule has 2 aromatic rings. The normalized spacial score (nSPS) is 14.3. The third-order valence-electron chi connectivity index (χ3n) is 4.15. The van der Waals surface area contributed by atoms with Crippen LogP contribution in [0.4, 0.5) is 23.7 Å². The molecule has 0 spiro atoms. The van der Waals surface area contributed by atoms with Gasteiger partial charge in [0.2, 0.25) is 0 Å². The van der Waals surface area contributed by atoms with Crippen molar-refractivity contribution < 1.29 is 22.7 Å². The molecule has 0 saturated heterocycles. The maximum atomic E-state index is 13.0. The van der Waals surface area contributed by atoms with Gasteiger partial charge in [-0.05, 0) is 42.7 Å². The molecule has 0 aromatic heterocycles. The number of carbonyl (C=O) groups is 1. The Kier molecular flexibility index (Phi) is 5.06. The van der Waals surface area contributed by atoms with Crippen molar-refractivity contribution in [2.24, 2.45) is 0 Å². The number of alkyl halides is 3. The van der Waals surface area contributed by atoms with E-state index < -0.39 is 17.8 Å². The van der Waals surface area contributed by atoms with Crippen molar-refractivity contribution in [2.75, 3.05) is 11.9 Å². The van der Waals surface area contributed by atoms with Crippen molar-refractivity contribution in [1.29, 1.82) is 0 Å². The molecule has 0 bridgehead atoms. The fourth-order valence-electron chi connectivity index (χ4n) is 2.99. The average molecular weight is 364 g/mol. The summed E-state index contributed by atoms with van der Waals surface area (Å²) < 4.78 is 44.4. The quantitative estimate of drug-likeness (QED) is 0.845. The van der Waals surface area contributed by atoms with Crippen LogP contribution in [0.15, 0.2) is 42.5 Å². The van der Waals surface area contributed by atoms with Gasteiger partial charge in [0, 0.05) is 12.5 Å². The van der Waals surface area contributed by atoms with E-state index in [2.05, 4.69) is 10.6 Å². The second-order valence-corrected chi connectivity index (χ2v) is 6.29. The second kappa shape index (κ2) is 7.27. The zero-order chi connectivity index (χ0) is 18.7. The Morgan fingerprint density at radius 2 is 2.00 bits per heavy atom. The Balaban J connectivity index is 1.60. The summed E-state index contributed by atoms with van der Waals surface area (Å²) in [5, 5.41) is 4.96. The molecule has 0 aliphatic carbocycles. The van der Waals surface area contributed by atoms with Crippen LogP contribution in [0, 0.1) is 0 Å². The molecule has 3 rings (SSSR count). The van der Waals surface area contributed by atoms with E-state index in [1.807, 2.05) is 18.2 Å². The summed E-state index contributed by atoms with van der Waals surface area (Å²) in [7, 11) is 0. The molecule has 2 N–H and O–H groups in total. The van der Waals surface area contributed by atoms with Crippen molar-refractivity contribution in [3.63, 3.8) is 0 Å². The number of para-hydroxylation sites is 1. The van der Waals surface area contributed by atoms with Crippen molar-refractivity contribution in [3.8, 4) is 5.75 Å². The van der Waals surface area contributed by atoms with E-state index in [1.54, 1.807) is 6.92 Å². The van der Waals surface area contributed by atoms with Crippen LogP contribution in [0.5, 0.6) is 5.75 Å². The summed E-state index contributed by atoms with van der Waals surface area (Å²) in [6.07, 6.45) is -3.09. The van der Waals surface area contributed by atoms with Crippen LogP contribution in [-0.2, 0) is 19.0 Å². The Labute approximate surface area is 149 Å². The molecule has 0 fully saturated rings. The minimum Gasteiger partial charge on any atom is -0.493 e. The predicted molar refractivity (Wildman–Crippen MR) is 92.4 cm³/mol. The first-order chi connectivity index (χ1) is 12.3. The van der Waals surface area contributed by atoms with E-state index in [-0.39, 0.29) is 11.7 Å². The van der Waals surface area contributed by atoms with Crippen LogP contribution in [-0.4, -0.2) is 18.7 Å². The molecule has 0 unspecified atom stereocenters. The van der Waals surface area contributed by atoms with Crippen LogP contribution in [0.3, 0.4) is 0 Å². The molecule has 7 heteroatoms. The van der Waals surface area contributed by atoms with Crippen molar-refractivity contribution in [3.05, 3.63) is 59.2 Å². The molecule has 4 nitrogen and oxygen atoms in total. The van der Waals surface area contributed by atoms with Gasteiger partial charge in [-0.3, -0.25) is 0 Å². The number of halogens is 3. The number of fused-ring (bicyclic) bond motifs is 1. The summed E-state index contributed by atoms with van der Waals surface area (Å²) in [5.74, 6) is 0.885. The largest absolute Gasteiger partial charge is 0.493 e. The van der Waals surface area contributed by atoms with E-state index in [1.165, 1.54) is 18.2 Å². The van der Waals surface area contributed by atoms with Crippen LogP contribution >= 0.6 is 0 Å². The van der Waals surface area contributed by atoms with E-state index >= 15 is 0 Å².